The summed E-state index contributed by atoms with van der Waals surface area (Å²) in [5, 5.41) is 2.91. The molecule has 1 unspecified atom stereocenters. The van der Waals surface area contributed by atoms with Crippen LogP contribution in [0, 0.1) is 0 Å². The van der Waals surface area contributed by atoms with Crippen molar-refractivity contribution in [3.63, 3.8) is 0 Å². The molecule has 0 aromatic heterocycles. The second-order valence-corrected chi connectivity index (χ2v) is 6.64. The molecule has 128 valence electrons. The molecular weight excluding hydrogens is 310 g/mol. The molecule has 0 aliphatic carbocycles. The lowest BCUT2D eigenvalue weighted by atomic mass is 9.96. The highest BCUT2D eigenvalue weighted by atomic mass is 16.6. The fourth-order valence-electron chi connectivity index (χ4n) is 3.77. The molecule has 7 nitrogen and oxygen atoms in total. The van der Waals surface area contributed by atoms with Crippen LogP contribution >= 0.6 is 0 Å². The molecule has 1 spiro atoms. The summed E-state index contributed by atoms with van der Waals surface area (Å²) >= 11 is 0. The average molecular weight is 331 g/mol. The Morgan fingerprint density at radius 2 is 2.00 bits per heavy atom. The van der Waals surface area contributed by atoms with Gasteiger partial charge in [0.2, 0.25) is 5.91 Å². The van der Waals surface area contributed by atoms with Gasteiger partial charge < -0.3 is 24.6 Å². The van der Waals surface area contributed by atoms with E-state index in [0.29, 0.717) is 49.9 Å². The van der Waals surface area contributed by atoms with Gasteiger partial charge in [-0.2, -0.15) is 0 Å². The summed E-state index contributed by atoms with van der Waals surface area (Å²) in [6, 6.07) is 5.25. The first-order chi connectivity index (χ1) is 11.6. The number of amides is 3. The van der Waals surface area contributed by atoms with Gasteiger partial charge in [-0.3, -0.25) is 4.79 Å². The Morgan fingerprint density at radius 1 is 1.21 bits per heavy atom. The zero-order chi connectivity index (χ0) is 16.7. The van der Waals surface area contributed by atoms with E-state index in [-0.39, 0.29) is 17.5 Å². The van der Waals surface area contributed by atoms with Gasteiger partial charge in [-0.15, -0.1) is 0 Å². The number of carbonyl (C=O) groups is 2. The SMILES string of the molecule is CN1C(=O)CCC12CCN(C(=O)Nc1ccc3c(c1)OCCO3)C2. The van der Waals surface area contributed by atoms with Crippen LogP contribution in [0.15, 0.2) is 18.2 Å². The quantitative estimate of drug-likeness (QED) is 0.850. The van der Waals surface area contributed by atoms with E-state index in [9.17, 15) is 9.59 Å². The largest absolute Gasteiger partial charge is 0.486 e. The van der Waals surface area contributed by atoms with Crippen molar-refractivity contribution in [2.24, 2.45) is 0 Å². The first-order valence-corrected chi connectivity index (χ1v) is 8.30. The lowest BCUT2D eigenvalue weighted by Gasteiger charge is -2.31. The number of benzene rings is 1. The number of urea groups is 1. The van der Waals surface area contributed by atoms with E-state index >= 15 is 0 Å². The molecule has 1 aromatic carbocycles. The number of likely N-dealkylation sites (tertiary alicyclic amines) is 2. The van der Waals surface area contributed by atoms with Crippen LogP contribution in [0.5, 0.6) is 11.5 Å². The number of hydrogen-bond acceptors (Lipinski definition) is 4. The number of nitrogens with one attached hydrogen (secondary N) is 1. The number of nitrogens with zero attached hydrogens (tertiary/aromatic N) is 2. The highest BCUT2D eigenvalue weighted by Gasteiger charge is 2.48. The maximum absolute atomic E-state index is 12.6. The van der Waals surface area contributed by atoms with Crippen LogP contribution in [0.1, 0.15) is 19.3 Å². The number of likely N-dealkylation sites (N-methyl/N-ethyl adjacent to an activating group) is 1. The minimum absolute atomic E-state index is 0.142. The lowest BCUT2D eigenvalue weighted by molar-refractivity contribution is -0.129. The number of ether oxygens (including phenoxy) is 2. The van der Waals surface area contributed by atoms with Crippen LogP contribution in [0.4, 0.5) is 10.5 Å². The van der Waals surface area contributed by atoms with Crippen LogP contribution in [0.3, 0.4) is 0 Å². The molecule has 24 heavy (non-hydrogen) atoms. The molecule has 1 aromatic rings. The third kappa shape index (κ3) is 2.44. The van der Waals surface area contributed by atoms with Gasteiger partial charge in [0.05, 0.1) is 5.54 Å². The number of anilines is 1. The summed E-state index contributed by atoms with van der Waals surface area (Å²) in [7, 11) is 1.84. The van der Waals surface area contributed by atoms with E-state index in [1.165, 1.54) is 0 Å². The maximum Gasteiger partial charge on any atom is 0.321 e. The van der Waals surface area contributed by atoms with Crippen LogP contribution in [0.2, 0.25) is 0 Å². The predicted octanol–water partition coefficient (Wildman–Crippen LogP) is 1.69. The number of carbonyl (C=O) groups excluding carboxylic acids is 2. The summed E-state index contributed by atoms with van der Waals surface area (Å²) in [4.78, 5) is 28.0. The zero-order valence-corrected chi connectivity index (χ0v) is 13.7. The van der Waals surface area contributed by atoms with E-state index in [0.717, 1.165) is 12.8 Å². The van der Waals surface area contributed by atoms with Crippen molar-refractivity contribution in [3.8, 4) is 11.5 Å². The van der Waals surface area contributed by atoms with Gasteiger partial charge in [0.1, 0.15) is 13.2 Å². The molecule has 0 saturated carbocycles. The number of hydrogen-bond donors (Lipinski definition) is 1. The second-order valence-electron chi connectivity index (χ2n) is 6.64. The molecule has 2 saturated heterocycles. The first kappa shape index (κ1) is 15.1. The van der Waals surface area contributed by atoms with Gasteiger partial charge in [-0.1, -0.05) is 0 Å². The summed E-state index contributed by atoms with van der Waals surface area (Å²) < 4.78 is 11.0. The molecule has 3 heterocycles. The summed E-state index contributed by atoms with van der Waals surface area (Å²) in [6.07, 6.45) is 2.24. The Bertz CT molecular complexity index is 692. The Kier molecular flexibility index (Phi) is 3.51. The van der Waals surface area contributed by atoms with Gasteiger partial charge in [0.15, 0.2) is 11.5 Å². The standard InChI is InChI=1S/C17H21N3O4/c1-19-15(21)4-5-17(19)6-7-20(11-17)16(22)18-12-2-3-13-14(10-12)24-9-8-23-13/h2-3,10H,4-9,11H2,1H3,(H,18,22). The average Bonchev–Trinajstić information content (AvgIpc) is 3.15. The molecule has 3 aliphatic rings. The molecule has 3 aliphatic heterocycles. The topological polar surface area (TPSA) is 71.1 Å². The fraction of sp³-hybridized carbons (Fsp3) is 0.529. The van der Waals surface area contributed by atoms with Crippen molar-refractivity contribution < 1.29 is 19.1 Å². The Balaban J connectivity index is 1.43. The Labute approximate surface area is 140 Å². The van der Waals surface area contributed by atoms with Crippen LogP contribution in [-0.4, -0.2) is 60.6 Å². The van der Waals surface area contributed by atoms with Crippen molar-refractivity contribution in [3.05, 3.63) is 18.2 Å². The van der Waals surface area contributed by atoms with E-state index in [4.69, 9.17) is 9.47 Å². The molecule has 1 N–H and O–H groups in total. The van der Waals surface area contributed by atoms with E-state index in [1.807, 2.05) is 18.0 Å². The minimum Gasteiger partial charge on any atom is -0.486 e. The van der Waals surface area contributed by atoms with Crippen molar-refractivity contribution in [2.45, 2.75) is 24.8 Å². The van der Waals surface area contributed by atoms with E-state index in [2.05, 4.69) is 5.32 Å². The van der Waals surface area contributed by atoms with E-state index in [1.54, 1.807) is 17.0 Å². The number of fused-ring (bicyclic) bond motifs is 1. The summed E-state index contributed by atoms with van der Waals surface area (Å²) in [5.74, 6) is 1.52. The van der Waals surface area contributed by atoms with Crippen molar-refractivity contribution >= 4 is 17.6 Å². The monoisotopic (exact) mass is 331 g/mol. The third-order valence-corrected chi connectivity index (χ3v) is 5.30. The molecule has 2 fully saturated rings. The van der Waals surface area contributed by atoms with Gasteiger partial charge in [-0.05, 0) is 25.0 Å². The third-order valence-electron chi connectivity index (χ3n) is 5.30. The fourth-order valence-corrected chi connectivity index (χ4v) is 3.77. The van der Waals surface area contributed by atoms with Crippen LogP contribution in [0.25, 0.3) is 0 Å². The molecule has 4 rings (SSSR count). The maximum atomic E-state index is 12.6. The van der Waals surface area contributed by atoms with E-state index < -0.39 is 0 Å². The molecule has 0 bridgehead atoms. The highest BCUT2D eigenvalue weighted by Crippen LogP contribution is 2.37. The molecular formula is C17H21N3O4. The van der Waals surface area contributed by atoms with Gasteiger partial charge in [0.25, 0.3) is 0 Å². The lowest BCUT2D eigenvalue weighted by Crippen LogP contribution is -2.46. The second kappa shape index (κ2) is 5.58. The normalized spacial score (nSPS) is 25.5. The minimum atomic E-state index is -0.179. The van der Waals surface area contributed by atoms with Crippen molar-refractivity contribution in [1.82, 2.24) is 9.80 Å². The Hall–Kier alpha value is -2.44. The summed E-state index contributed by atoms with van der Waals surface area (Å²) in [5.41, 5.74) is 0.502. The molecule has 3 amide bonds. The summed E-state index contributed by atoms with van der Waals surface area (Å²) in [6.45, 7) is 2.31. The van der Waals surface area contributed by atoms with Gasteiger partial charge in [-0.25, -0.2) is 4.79 Å². The van der Waals surface area contributed by atoms with Gasteiger partial charge >= 0.3 is 6.03 Å². The molecule has 1 atom stereocenters. The van der Waals surface area contributed by atoms with Gasteiger partial charge in [0, 0.05) is 38.3 Å². The first-order valence-electron chi connectivity index (χ1n) is 8.30. The zero-order valence-electron chi connectivity index (χ0n) is 13.7. The molecule has 7 heteroatoms. The smallest absolute Gasteiger partial charge is 0.321 e. The van der Waals surface area contributed by atoms with Crippen LogP contribution in [-0.2, 0) is 4.79 Å². The van der Waals surface area contributed by atoms with Crippen molar-refractivity contribution in [2.75, 3.05) is 38.7 Å². The van der Waals surface area contributed by atoms with Crippen molar-refractivity contribution in [1.29, 1.82) is 0 Å². The Morgan fingerprint density at radius 3 is 2.75 bits per heavy atom. The molecule has 0 radical (unpaired) electrons. The predicted molar refractivity (Wildman–Crippen MR) is 87.4 cm³/mol. The van der Waals surface area contributed by atoms with Crippen LogP contribution < -0.4 is 14.8 Å². The highest BCUT2D eigenvalue weighted by molar-refractivity contribution is 5.90. The number of rotatable bonds is 1.